The molecule has 0 radical (unpaired) electrons. The Morgan fingerprint density at radius 3 is 1.93 bits per heavy atom. The zero-order chi connectivity index (χ0) is 41.5. The van der Waals surface area contributed by atoms with E-state index in [2.05, 4.69) is 13.8 Å². The number of cyclic esters (lactones) is 1. The Morgan fingerprint density at radius 2 is 1.36 bits per heavy atom. The van der Waals surface area contributed by atoms with Gasteiger partial charge < -0.3 is 63.4 Å². The highest BCUT2D eigenvalue weighted by molar-refractivity contribution is 5.85. The Balaban J connectivity index is 0.848. The van der Waals surface area contributed by atoms with Gasteiger partial charge in [0.05, 0.1) is 48.3 Å². The van der Waals surface area contributed by atoms with Crippen LogP contribution in [0, 0.1) is 34.5 Å². The Kier molecular flexibility index (Phi) is 12.0. The molecule has 328 valence electrons. The number of fused-ring (bicyclic) bond motifs is 5. The van der Waals surface area contributed by atoms with Gasteiger partial charge in [-0.2, -0.15) is 0 Å². The first-order chi connectivity index (χ1) is 27.4. The van der Waals surface area contributed by atoms with E-state index < -0.39 is 90.9 Å². The van der Waals surface area contributed by atoms with E-state index in [9.17, 15) is 35.1 Å². The number of hydrogen-bond donors (Lipinski definition) is 5. The third-order valence-electron chi connectivity index (χ3n) is 16.1. The third-order valence-corrected chi connectivity index (χ3v) is 16.1. The Morgan fingerprint density at radius 1 is 0.759 bits per heavy atom. The molecule has 4 aliphatic carbocycles. The van der Waals surface area contributed by atoms with Crippen LogP contribution in [0.3, 0.4) is 0 Å². The van der Waals surface area contributed by atoms with Gasteiger partial charge in [0.15, 0.2) is 18.9 Å². The second-order valence-electron chi connectivity index (χ2n) is 19.5. The minimum atomic E-state index is -1.05. The van der Waals surface area contributed by atoms with Gasteiger partial charge in [-0.25, -0.2) is 4.79 Å². The molecule has 15 nitrogen and oxygen atoms in total. The first kappa shape index (κ1) is 42.9. The van der Waals surface area contributed by atoms with Crippen molar-refractivity contribution in [1.29, 1.82) is 0 Å². The molecule has 0 bridgehead atoms. The van der Waals surface area contributed by atoms with Crippen LogP contribution in [-0.2, 0) is 47.5 Å². The summed E-state index contributed by atoms with van der Waals surface area (Å²) in [7, 11) is 0. The quantitative estimate of drug-likeness (QED) is 0.176. The van der Waals surface area contributed by atoms with Crippen LogP contribution < -0.4 is 0 Å². The molecule has 0 spiro atoms. The van der Waals surface area contributed by atoms with Gasteiger partial charge in [0.25, 0.3) is 0 Å². The van der Waals surface area contributed by atoms with Crippen molar-refractivity contribution in [3.05, 3.63) is 11.6 Å². The van der Waals surface area contributed by atoms with Crippen LogP contribution in [0.15, 0.2) is 11.6 Å². The van der Waals surface area contributed by atoms with Crippen LogP contribution in [0.1, 0.15) is 112 Å². The van der Waals surface area contributed by atoms with E-state index in [1.165, 1.54) is 13.0 Å². The lowest BCUT2D eigenvalue weighted by Crippen LogP contribution is -2.62. The second kappa shape index (κ2) is 16.2. The van der Waals surface area contributed by atoms with Gasteiger partial charge in [0.2, 0.25) is 0 Å². The van der Waals surface area contributed by atoms with Crippen LogP contribution in [0.25, 0.3) is 0 Å². The second-order valence-corrected chi connectivity index (χ2v) is 19.5. The number of carbonyl (C=O) groups excluding carboxylic acids is 2. The number of ether oxygens (including phenoxy) is 8. The molecule has 4 heterocycles. The number of esters is 2. The van der Waals surface area contributed by atoms with Crippen molar-refractivity contribution in [2.45, 2.75) is 204 Å². The topological polar surface area (TPSA) is 209 Å². The summed E-state index contributed by atoms with van der Waals surface area (Å²) in [6.45, 7) is 11.3. The van der Waals surface area contributed by atoms with Crippen molar-refractivity contribution in [3.63, 3.8) is 0 Å². The SMILES string of the molecule is CC(=O)O[C@@H]1C[C@]2(O)[C@@H]3CC[C@@H]4C[C@H](O[C@@H]5C[C@H](O)[C@H](O[C@@H]6C[C@H](O)[C@H](O[C@@H]7C[C@H](O)[C@H](O)[C@H](C)O7)[C@H](C)O6)[C@H](C)O5)CC[C@]4(C)[C@H]3CC[C@]2(C)[C@H]1C1=CC(=O)OC1. The average molecular weight is 823 g/mol. The molecule has 7 fully saturated rings. The smallest absolute Gasteiger partial charge is 0.331 e. The van der Waals surface area contributed by atoms with Gasteiger partial charge in [-0.15, -0.1) is 0 Å². The molecule has 0 aromatic heterocycles. The summed E-state index contributed by atoms with van der Waals surface area (Å²) in [6.07, 6.45) is -1.36. The lowest BCUT2D eigenvalue weighted by Gasteiger charge is -2.63. The summed E-state index contributed by atoms with van der Waals surface area (Å²) in [5.41, 5.74) is -0.805. The Bertz CT molecular complexity index is 1520. The molecule has 5 N–H and O–H groups in total. The molecule has 8 rings (SSSR count). The predicted octanol–water partition coefficient (Wildman–Crippen LogP) is 2.79. The molecule has 8 aliphatic rings. The van der Waals surface area contributed by atoms with E-state index in [0.717, 1.165) is 50.5 Å². The number of hydrogen-bond acceptors (Lipinski definition) is 15. The number of aliphatic hydroxyl groups excluding tert-OH is 4. The average Bonchev–Trinajstić information content (AvgIpc) is 3.66. The van der Waals surface area contributed by atoms with Crippen molar-refractivity contribution >= 4 is 11.9 Å². The van der Waals surface area contributed by atoms with Gasteiger partial charge >= 0.3 is 11.9 Å². The highest BCUT2D eigenvalue weighted by atomic mass is 16.7. The fourth-order valence-electron chi connectivity index (χ4n) is 13.2. The minimum absolute atomic E-state index is 0.00291. The monoisotopic (exact) mass is 822 g/mol. The minimum Gasteiger partial charge on any atom is -0.462 e. The zero-order valence-electron chi connectivity index (χ0n) is 34.8. The van der Waals surface area contributed by atoms with Crippen molar-refractivity contribution in [2.75, 3.05) is 6.61 Å². The molecule has 0 unspecified atom stereocenters. The summed E-state index contributed by atoms with van der Waals surface area (Å²) >= 11 is 0. The van der Waals surface area contributed by atoms with Crippen molar-refractivity contribution in [3.8, 4) is 0 Å². The summed E-state index contributed by atoms with van der Waals surface area (Å²) < 4.78 is 48.1. The molecule has 4 aliphatic heterocycles. The van der Waals surface area contributed by atoms with E-state index in [4.69, 9.17) is 37.9 Å². The summed E-state index contributed by atoms with van der Waals surface area (Å²) in [5, 5.41) is 55.4. The molecule has 58 heavy (non-hydrogen) atoms. The maximum atomic E-state index is 12.8. The summed E-state index contributed by atoms with van der Waals surface area (Å²) in [4.78, 5) is 24.4. The van der Waals surface area contributed by atoms with E-state index in [0.29, 0.717) is 18.3 Å². The number of aliphatic hydroxyl groups is 5. The normalized spacial score (nSPS) is 53.2. The van der Waals surface area contributed by atoms with Gasteiger partial charge in [0.1, 0.15) is 31.0 Å². The van der Waals surface area contributed by atoms with E-state index in [1.54, 1.807) is 13.8 Å². The Hall–Kier alpha value is -1.76. The fraction of sp³-hybridized carbons (Fsp3) is 0.907. The van der Waals surface area contributed by atoms with Crippen molar-refractivity contribution in [2.24, 2.45) is 34.5 Å². The zero-order valence-corrected chi connectivity index (χ0v) is 34.8. The highest BCUT2D eigenvalue weighted by Gasteiger charge is 2.71. The lowest BCUT2D eigenvalue weighted by atomic mass is 9.43. The van der Waals surface area contributed by atoms with E-state index in [-0.39, 0.29) is 61.2 Å². The van der Waals surface area contributed by atoms with E-state index in [1.807, 2.05) is 6.92 Å². The predicted molar refractivity (Wildman–Crippen MR) is 202 cm³/mol. The molecule has 21 atom stereocenters. The van der Waals surface area contributed by atoms with Crippen LogP contribution in [0.5, 0.6) is 0 Å². The molecular formula is C43H66O15. The summed E-state index contributed by atoms with van der Waals surface area (Å²) in [5.74, 6) is -0.330. The third kappa shape index (κ3) is 7.60. The van der Waals surface area contributed by atoms with E-state index >= 15 is 0 Å². The fourth-order valence-corrected chi connectivity index (χ4v) is 13.2. The molecule has 0 aromatic rings. The van der Waals surface area contributed by atoms with Gasteiger partial charge in [0, 0.05) is 50.0 Å². The molecule has 3 saturated heterocycles. The Labute approximate surface area is 341 Å². The molecular weight excluding hydrogens is 756 g/mol. The summed E-state index contributed by atoms with van der Waals surface area (Å²) in [6, 6.07) is 0. The van der Waals surface area contributed by atoms with Crippen LogP contribution in [0.2, 0.25) is 0 Å². The van der Waals surface area contributed by atoms with Crippen LogP contribution in [-0.4, -0.2) is 136 Å². The molecule has 15 heteroatoms. The van der Waals surface area contributed by atoms with Gasteiger partial charge in [-0.1, -0.05) is 13.8 Å². The van der Waals surface area contributed by atoms with Gasteiger partial charge in [-0.05, 0) is 94.5 Å². The van der Waals surface area contributed by atoms with Crippen molar-refractivity contribution in [1.82, 2.24) is 0 Å². The van der Waals surface area contributed by atoms with Crippen molar-refractivity contribution < 1.29 is 73.0 Å². The van der Waals surface area contributed by atoms with Crippen LogP contribution in [0.4, 0.5) is 0 Å². The number of carbonyl (C=O) groups is 2. The first-order valence-corrected chi connectivity index (χ1v) is 21.8. The standard InChI is InChI=1S/C43H66O15/c1-20-38(49)29(45)15-35(52-20)57-40-22(3)54-36(17-31(40)47)58-39-21(2)53-34(16-30(39)46)56-26-9-11-41(5)25(14-26)7-8-28-27(41)10-12-42(6)37(24-13-33(48)51-19-24)32(55-23(4)44)18-43(28,42)50/h13,20-22,25-32,34-40,45-47,49-50H,7-12,14-19H2,1-6H3/t20-,21-,22-,25+,26+,27-,28+,29-,30-,31-,32+,34+,35+,36+,37-,38+,39+,40+,41-,42+,43-/m0/s1. The maximum absolute atomic E-state index is 12.8. The van der Waals surface area contributed by atoms with Crippen LogP contribution >= 0.6 is 0 Å². The molecule has 0 amide bonds. The number of rotatable bonds is 8. The molecule has 0 aromatic carbocycles. The lowest BCUT2D eigenvalue weighted by molar-refractivity contribution is -0.336. The maximum Gasteiger partial charge on any atom is 0.331 e. The van der Waals surface area contributed by atoms with Gasteiger partial charge in [-0.3, -0.25) is 4.79 Å². The largest absolute Gasteiger partial charge is 0.462 e. The molecule has 4 saturated carbocycles. The first-order valence-electron chi connectivity index (χ1n) is 21.8. The highest BCUT2D eigenvalue weighted by Crippen LogP contribution is 2.70.